The first-order valence-electron chi connectivity index (χ1n) is 5.48. The maximum absolute atomic E-state index is 4.39. The van der Waals surface area contributed by atoms with Crippen LogP contribution >= 0.6 is 11.3 Å². The predicted molar refractivity (Wildman–Crippen MR) is 65.6 cm³/mol. The van der Waals surface area contributed by atoms with Crippen LogP contribution in [0, 0.1) is 0 Å². The van der Waals surface area contributed by atoms with Gasteiger partial charge in [0.05, 0.1) is 12.7 Å². The summed E-state index contributed by atoms with van der Waals surface area (Å²) >= 11 is 1.80. The first kappa shape index (κ1) is 9.78. The minimum Gasteiger partial charge on any atom is -0.347 e. The summed E-state index contributed by atoms with van der Waals surface area (Å²) in [5.74, 6) is 0.999. The van der Waals surface area contributed by atoms with Crippen LogP contribution in [-0.4, -0.2) is 16.0 Å². The average molecular weight is 231 g/mol. The van der Waals surface area contributed by atoms with E-state index in [1.807, 2.05) is 6.20 Å². The van der Waals surface area contributed by atoms with Crippen molar-refractivity contribution in [2.24, 2.45) is 0 Å². The molecular weight excluding hydrogens is 218 g/mol. The Labute approximate surface area is 98.8 Å². The van der Waals surface area contributed by atoms with E-state index >= 15 is 0 Å². The van der Waals surface area contributed by atoms with Crippen LogP contribution in [-0.2, 0) is 6.54 Å². The highest BCUT2D eigenvalue weighted by Crippen LogP contribution is 2.32. The normalized spacial score (nSPS) is 15.0. The Balaban J connectivity index is 1.82. The molecule has 0 unspecified atom stereocenters. The molecule has 0 aliphatic heterocycles. The Kier molecular flexibility index (Phi) is 2.58. The molecule has 4 heteroatoms. The Morgan fingerprint density at radius 2 is 2.31 bits per heavy atom. The Morgan fingerprint density at radius 1 is 1.38 bits per heavy atom. The number of thiophene rings is 1. The smallest absolute Gasteiger partial charge is 0.147 e. The number of anilines is 1. The number of nitrogens with zero attached hydrogens (tertiary/aromatic N) is 3. The van der Waals surface area contributed by atoms with E-state index in [1.165, 1.54) is 17.7 Å². The molecule has 1 saturated carbocycles. The zero-order chi connectivity index (χ0) is 10.8. The molecular formula is C12H13N3S. The summed E-state index contributed by atoms with van der Waals surface area (Å²) < 4.78 is 0. The Hall–Kier alpha value is -1.42. The molecule has 2 aromatic rings. The monoisotopic (exact) mass is 231 g/mol. The zero-order valence-corrected chi connectivity index (χ0v) is 9.73. The van der Waals surface area contributed by atoms with Crippen molar-refractivity contribution in [1.29, 1.82) is 0 Å². The molecule has 0 saturated heterocycles. The van der Waals surface area contributed by atoms with E-state index in [2.05, 4.69) is 32.4 Å². The third-order valence-electron chi connectivity index (χ3n) is 2.74. The molecule has 0 spiro atoms. The fourth-order valence-corrected chi connectivity index (χ4v) is 2.50. The lowest BCUT2D eigenvalue weighted by Crippen LogP contribution is -2.25. The first-order valence-corrected chi connectivity index (χ1v) is 6.36. The highest BCUT2D eigenvalue weighted by Gasteiger charge is 2.30. The minimum absolute atomic E-state index is 0.666. The summed E-state index contributed by atoms with van der Waals surface area (Å²) in [6, 6.07) is 4.94. The average Bonchev–Trinajstić information content (AvgIpc) is 3.05. The summed E-state index contributed by atoms with van der Waals surface area (Å²) in [5, 5.41) is 2.12. The second-order valence-electron chi connectivity index (χ2n) is 4.00. The van der Waals surface area contributed by atoms with E-state index < -0.39 is 0 Å². The molecule has 0 atom stereocenters. The van der Waals surface area contributed by atoms with E-state index in [1.54, 1.807) is 23.7 Å². The van der Waals surface area contributed by atoms with Gasteiger partial charge in [0.15, 0.2) is 0 Å². The lowest BCUT2D eigenvalue weighted by Gasteiger charge is -2.22. The van der Waals surface area contributed by atoms with E-state index in [9.17, 15) is 0 Å². The van der Waals surface area contributed by atoms with Gasteiger partial charge < -0.3 is 4.90 Å². The summed E-state index contributed by atoms with van der Waals surface area (Å²) in [6.45, 7) is 0.959. The molecule has 0 aromatic carbocycles. The van der Waals surface area contributed by atoms with Gasteiger partial charge in [-0.3, -0.25) is 4.98 Å². The number of hydrogen-bond acceptors (Lipinski definition) is 4. The Bertz CT molecular complexity index is 437. The molecule has 16 heavy (non-hydrogen) atoms. The SMILES string of the molecule is c1csc(CN(c2cnccn2)C2CC2)c1. The van der Waals surface area contributed by atoms with Crippen molar-refractivity contribution in [2.75, 3.05) is 4.90 Å². The molecule has 2 heterocycles. The van der Waals surface area contributed by atoms with Crippen LogP contribution in [0.1, 0.15) is 17.7 Å². The standard InChI is InChI=1S/C12H13N3S/c1-2-11(16-7-1)9-15(10-3-4-10)12-8-13-5-6-14-12/h1-2,5-8,10H,3-4,9H2. The van der Waals surface area contributed by atoms with E-state index in [0.29, 0.717) is 6.04 Å². The Morgan fingerprint density at radius 3 is 2.94 bits per heavy atom. The fraction of sp³-hybridized carbons (Fsp3) is 0.333. The number of rotatable bonds is 4. The van der Waals surface area contributed by atoms with E-state index in [-0.39, 0.29) is 0 Å². The van der Waals surface area contributed by atoms with Crippen molar-refractivity contribution < 1.29 is 0 Å². The van der Waals surface area contributed by atoms with Crippen LogP contribution < -0.4 is 4.90 Å². The molecule has 0 amide bonds. The molecule has 3 nitrogen and oxygen atoms in total. The van der Waals surface area contributed by atoms with Crippen LogP contribution in [0.5, 0.6) is 0 Å². The van der Waals surface area contributed by atoms with Gasteiger partial charge in [-0.2, -0.15) is 0 Å². The first-order chi connectivity index (χ1) is 7.93. The van der Waals surface area contributed by atoms with Gasteiger partial charge in [-0.15, -0.1) is 11.3 Å². The van der Waals surface area contributed by atoms with Crippen LogP contribution in [0.3, 0.4) is 0 Å². The van der Waals surface area contributed by atoms with Gasteiger partial charge in [0, 0.05) is 23.3 Å². The highest BCUT2D eigenvalue weighted by atomic mass is 32.1. The molecule has 0 radical (unpaired) electrons. The predicted octanol–water partition coefficient (Wildman–Crippen LogP) is 2.71. The van der Waals surface area contributed by atoms with Crippen molar-refractivity contribution in [2.45, 2.75) is 25.4 Å². The molecule has 1 aliphatic carbocycles. The number of aromatic nitrogens is 2. The van der Waals surface area contributed by atoms with Gasteiger partial charge in [0.25, 0.3) is 0 Å². The maximum Gasteiger partial charge on any atom is 0.147 e. The summed E-state index contributed by atoms with van der Waals surface area (Å²) in [6.07, 6.45) is 7.90. The maximum atomic E-state index is 4.39. The lowest BCUT2D eigenvalue weighted by molar-refractivity contribution is 0.782. The van der Waals surface area contributed by atoms with Gasteiger partial charge in [0.1, 0.15) is 5.82 Å². The minimum atomic E-state index is 0.666. The zero-order valence-electron chi connectivity index (χ0n) is 8.91. The largest absolute Gasteiger partial charge is 0.347 e. The molecule has 82 valence electrons. The van der Waals surface area contributed by atoms with Gasteiger partial charge in [0.2, 0.25) is 0 Å². The van der Waals surface area contributed by atoms with E-state index in [0.717, 1.165) is 12.4 Å². The second-order valence-corrected chi connectivity index (χ2v) is 5.03. The van der Waals surface area contributed by atoms with Crippen molar-refractivity contribution in [3.63, 3.8) is 0 Å². The van der Waals surface area contributed by atoms with Gasteiger partial charge in [-0.05, 0) is 24.3 Å². The summed E-state index contributed by atoms with van der Waals surface area (Å²) in [5.41, 5.74) is 0. The highest BCUT2D eigenvalue weighted by molar-refractivity contribution is 7.09. The molecule has 0 bridgehead atoms. The second kappa shape index (κ2) is 4.22. The van der Waals surface area contributed by atoms with Crippen molar-refractivity contribution in [1.82, 2.24) is 9.97 Å². The van der Waals surface area contributed by atoms with Crippen molar-refractivity contribution >= 4 is 17.2 Å². The third kappa shape index (κ3) is 2.07. The number of hydrogen-bond donors (Lipinski definition) is 0. The third-order valence-corrected chi connectivity index (χ3v) is 3.60. The quantitative estimate of drug-likeness (QED) is 0.810. The van der Waals surface area contributed by atoms with Gasteiger partial charge in [-0.1, -0.05) is 6.07 Å². The van der Waals surface area contributed by atoms with E-state index in [4.69, 9.17) is 0 Å². The molecule has 1 fully saturated rings. The van der Waals surface area contributed by atoms with Crippen LogP contribution in [0.4, 0.5) is 5.82 Å². The van der Waals surface area contributed by atoms with Crippen molar-refractivity contribution in [3.8, 4) is 0 Å². The molecule has 1 aliphatic rings. The summed E-state index contributed by atoms with van der Waals surface area (Å²) in [4.78, 5) is 12.3. The molecule has 2 aromatic heterocycles. The summed E-state index contributed by atoms with van der Waals surface area (Å²) in [7, 11) is 0. The topological polar surface area (TPSA) is 29.0 Å². The molecule has 3 rings (SSSR count). The van der Waals surface area contributed by atoms with Gasteiger partial charge >= 0.3 is 0 Å². The van der Waals surface area contributed by atoms with Gasteiger partial charge in [-0.25, -0.2) is 4.98 Å². The lowest BCUT2D eigenvalue weighted by atomic mass is 10.4. The van der Waals surface area contributed by atoms with Crippen LogP contribution in [0.15, 0.2) is 36.1 Å². The van der Waals surface area contributed by atoms with Crippen LogP contribution in [0.25, 0.3) is 0 Å². The fourth-order valence-electron chi connectivity index (χ4n) is 1.79. The van der Waals surface area contributed by atoms with Crippen LogP contribution in [0.2, 0.25) is 0 Å². The molecule has 0 N–H and O–H groups in total. The van der Waals surface area contributed by atoms with Crippen molar-refractivity contribution in [3.05, 3.63) is 41.0 Å².